The van der Waals surface area contributed by atoms with Crippen LogP contribution in [0.3, 0.4) is 0 Å². The number of hydrogen-bond donors (Lipinski definition) is 0. The number of benzene rings is 2. The molecule has 0 aliphatic rings. The molecule has 4 aromatic rings. The summed E-state index contributed by atoms with van der Waals surface area (Å²) in [4.78, 5) is 4.38. The lowest BCUT2D eigenvalue weighted by atomic mass is 10.2. The predicted octanol–water partition coefficient (Wildman–Crippen LogP) is 4.55. The Labute approximate surface area is 145 Å². The Morgan fingerprint density at radius 2 is 1.88 bits per heavy atom. The number of para-hydroxylation sites is 2. The molecular formula is C17H12FN3OS2. The number of aromatic nitrogens is 3. The minimum absolute atomic E-state index is 0.290. The lowest BCUT2D eigenvalue weighted by Crippen LogP contribution is -1.86. The van der Waals surface area contributed by atoms with Crippen LogP contribution in [0.25, 0.3) is 20.8 Å². The van der Waals surface area contributed by atoms with Gasteiger partial charge < -0.3 is 4.74 Å². The summed E-state index contributed by atoms with van der Waals surface area (Å²) in [7, 11) is 1.64. The maximum Gasteiger partial charge on any atom is 0.151 e. The van der Waals surface area contributed by atoms with Crippen molar-refractivity contribution in [2.24, 2.45) is 0 Å². The summed E-state index contributed by atoms with van der Waals surface area (Å²) < 4.78 is 20.0. The van der Waals surface area contributed by atoms with Crippen LogP contribution in [-0.2, 0) is 6.42 Å². The highest BCUT2D eigenvalue weighted by molar-refractivity contribution is 7.19. The number of thiazole rings is 1. The molecule has 0 atom stereocenters. The second-order valence-electron chi connectivity index (χ2n) is 5.07. The summed E-state index contributed by atoms with van der Waals surface area (Å²) >= 11 is 2.98. The summed E-state index contributed by atoms with van der Waals surface area (Å²) in [5.41, 5.74) is 1.34. The van der Waals surface area contributed by atoms with E-state index in [0.717, 1.165) is 31.0 Å². The first kappa shape index (κ1) is 15.2. The number of nitrogens with zero attached hydrogens (tertiary/aromatic N) is 3. The van der Waals surface area contributed by atoms with Gasteiger partial charge in [-0.1, -0.05) is 29.5 Å². The molecule has 0 fully saturated rings. The van der Waals surface area contributed by atoms with Crippen molar-refractivity contribution in [1.29, 1.82) is 0 Å². The van der Waals surface area contributed by atoms with Gasteiger partial charge in [0.2, 0.25) is 0 Å². The molecule has 24 heavy (non-hydrogen) atoms. The van der Waals surface area contributed by atoms with Crippen molar-refractivity contribution >= 4 is 32.9 Å². The molecular weight excluding hydrogens is 345 g/mol. The van der Waals surface area contributed by atoms with Gasteiger partial charge in [-0.3, -0.25) is 0 Å². The van der Waals surface area contributed by atoms with Gasteiger partial charge in [-0.05, 0) is 24.3 Å². The highest BCUT2D eigenvalue weighted by Crippen LogP contribution is 2.33. The smallest absolute Gasteiger partial charge is 0.151 e. The molecule has 0 amide bonds. The SMILES string of the molecule is COc1ccccc1-c1nnc(Cc2nc3c(F)cccc3s2)s1. The Hall–Kier alpha value is -2.38. The molecule has 0 radical (unpaired) electrons. The van der Waals surface area contributed by atoms with Crippen LogP contribution in [0.4, 0.5) is 4.39 Å². The molecule has 4 nitrogen and oxygen atoms in total. The number of rotatable bonds is 4. The van der Waals surface area contributed by atoms with Crippen molar-refractivity contribution in [3.8, 4) is 16.3 Å². The molecule has 0 N–H and O–H groups in total. The summed E-state index contributed by atoms with van der Waals surface area (Å²) in [5, 5.41) is 11.0. The summed E-state index contributed by atoms with van der Waals surface area (Å²) in [5.74, 6) is 0.476. The molecule has 0 unspecified atom stereocenters. The molecule has 0 aliphatic carbocycles. The van der Waals surface area contributed by atoms with E-state index >= 15 is 0 Å². The number of halogens is 1. The second kappa shape index (κ2) is 6.26. The van der Waals surface area contributed by atoms with E-state index in [1.165, 1.54) is 28.7 Å². The van der Waals surface area contributed by atoms with Gasteiger partial charge in [0.15, 0.2) is 5.01 Å². The maximum atomic E-state index is 13.8. The van der Waals surface area contributed by atoms with Gasteiger partial charge in [-0.2, -0.15) is 0 Å². The van der Waals surface area contributed by atoms with Gasteiger partial charge >= 0.3 is 0 Å². The Morgan fingerprint density at radius 1 is 1.00 bits per heavy atom. The Morgan fingerprint density at radius 3 is 2.71 bits per heavy atom. The van der Waals surface area contributed by atoms with Crippen LogP contribution in [0, 0.1) is 5.82 Å². The number of fused-ring (bicyclic) bond motifs is 1. The molecule has 7 heteroatoms. The lowest BCUT2D eigenvalue weighted by molar-refractivity contribution is 0.416. The van der Waals surface area contributed by atoms with Crippen molar-refractivity contribution in [3.63, 3.8) is 0 Å². The van der Waals surface area contributed by atoms with Crippen molar-refractivity contribution in [3.05, 3.63) is 58.3 Å². The van der Waals surface area contributed by atoms with Crippen LogP contribution in [0.5, 0.6) is 5.75 Å². The van der Waals surface area contributed by atoms with Crippen LogP contribution >= 0.6 is 22.7 Å². The van der Waals surface area contributed by atoms with Gasteiger partial charge in [-0.15, -0.1) is 21.5 Å². The van der Waals surface area contributed by atoms with Crippen molar-refractivity contribution in [1.82, 2.24) is 15.2 Å². The predicted molar refractivity (Wildman–Crippen MR) is 94.3 cm³/mol. The van der Waals surface area contributed by atoms with Gasteiger partial charge in [-0.25, -0.2) is 9.37 Å². The van der Waals surface area contributed by atoms with E-state index in [9.17, 15) is 4.39 Å². The minimum atomic E-state index is -0.290. The topological polar surface area (TPSA) is 47.9 Å². The van der Waals surface area contributed by atoms with Gasteiger partial charge in [0.05, 0.1) is 23.8 Å². The second-order valence-corrected chi connectivity index (χ2v) is 7.25. The maximum absolute atomic E-state index is 13.8. The van der Waals surface area contributed by atoms with E-state index in [-0.39, 0.29) is 5.82 Å². The van der Waals surface area contributed by atoms with Crippen LogP contribution in [0.15, 0.2) is 42.5 Å². The van der Waals surface area contributed by atoms with Gasteiger partial charge in [0, 0.05) is 0 Å². The molecule has 0 saturated heterocycles. The fourth-order valence-corrected chi connectivity index (χ4v) is 4.37. The molecule has 4 rings (SSSR count). The van der Waals surface area contributed by atoms with Gasteiger partial charge in [0.1, 0.15) is 27.1 Å². The van der Waals surface area contributed by atoms with Crippen molar-refractivity contribution in [2.75, 3.05) is 7.11 Å². The number of ether oxygens (including phenoxy) is 1. The van der Waals surface area contributed by atoms with Crippen LogP contribution in [0.1, 0.15) is 10.0 Å². The third-order valence-electron chi connectivity index (χ3n) is 3.52. The molecule has 0 spiro atoms. The minimum Gasteiger partial charge on any atom is -0.496 e. The molecule has 120 valence electrons. The molecule has 2 aromatic heterocycles. The zero-order valence-electron chi connectivity index (χ0n) is 12.7. The Bertz CT molecular complexity index is 1010. The number of methoxy groups -OCH3 is 1. The molecule has 2 aromatic carbocycles. The van der Waals surface area contributed by atoms with Crippen LogP contribution in [-0.4, -0.2) is 22.3 Å². The molecule has 0 aliphatic heterocycles. The monoisotopic (exact) mass is 357 g/mol. The normalized spacial score (nSPS) is 11.1. The Balaban J connectivity index is 1.64. The average molecular weight is 357 g/mol. The largest absolute Gasteiger partial charge is 0.496 e. The zero-order chi connectivity index (χ0) is 16.5. The van der Waals surface area contributed by atoms with Crippen molar-refractivity contribution in [2.45, 2.75) is 6.42 Å². The zero-order valence-corrected chi connectivity index (χ0v) is 14.3. The third-order valence-corrected chi connectivity index (χ3v) is 5.50. The molecule has 0 bridgehead atoms. The highest BCUT2D eigenvalue weighted by Gasteiger charge is 2.14. The quantitative estimate of drug-likeness (QED) is 0.537. The van der Waals surface area contributed by atoms with E-state index < -0.39 is 0 Å². The van der Waals surface area contributed by atoms with E-state index in [0.29, 0.717) is 11.9 Å². The first-order valence-electron chi connectivity index (χ1n) is 7.24. The number of hydrogen-bond acceptors (Lipinski definition) is 6. The van der Waals surface area contributed by atoms with Crippen LogP contribution < -0.4 is 4.74 Å². The summed E-state index contributed by atoms with van der Waals surface area (Å²) in [6.07, 6.45) is 0.547. The average Bonchev–Trinajstić information content (AvgIpc) is 3.22. The van der Waals surface area contributed by atoms with E-state index in [1.807, 2.05) is 30.3 Å². The highest BCUT2D eigenvalue weighted by atomic mass is 32.1. The first-order chi connectivity index (χ1) is 11.7. The van der Waals surface area contributed by atoms with Crippen molar-refractivity contribution < 1.29 is 9.13 Å². The third kappa shape index (κ3) is 2.76. The summed E-state index contributed by atoms with van der Waals surface area (Å²) in [6.45, 7) is 0. The van der Waals surface area contributed by atoms with E-state index in [2.05, 4.69) is 15.2 Å². The summed E-state index contributed by atoms with van der Waals surface area (Å²) in [6, 6.07) is 12.7. The fraction of sp³-hybridized carbons (Fsp3) is 0.118. The Kier molecular flexibility index (Phi) is 3.95. The van der Waals surface area contributed by atoms with E-state index in [4.69, 9.17) is 4.74 Å². The first-order valence-corrected chi connectivity index (χ1v) is 8.87. The van der Waals surface area contributed by atoms with Crippen LogP contribution in [0.2, 0.25) is 0 Å². The standard InChI is InChI=1S/C17H12FN3OS2/c1-22-12-7-3-2-5-10(12)17-21-20-15(24-17)9-14-19-16-11(18)6-4-8-13(16)23-14/h2-8H,9H2,1H3. The molecule has 0 saturated carbocycles. The lowest BCUT2D eigenvalue weighted by Gasteiger charge is -2.03. The fourth-order valence-electron chi connectivity index (χ4n) is 2.42. The van der Waals surface area contributed by atoms with Gasteiger partial charge in [0.25, 0.3) is 0 Å². The van der Waals surface area contributed by atoms with E-state index in [1.54, 1.807) is 13.2 Å². The molecule has 2 heterocycles.